The van der Waals surface area contributed by atoms with Gasteiger partial charge in [0.05, 0.1) is 0 Å². The van der Waals surface area contributed by atoms with Gasteiger partial charge in [-0.3, -0.25) is 19.2 Å². The van der Waals surface area contributed by atoms with Crippen molar-refractivity contribution in [1.29, 1.82) is 0 Å². The van der Waals surface area contributed by atoms with Crippen LogP contribution in [0.25, 0.3) is 0 Å². The Bertz CT molecular complexity index is 814. The molecule has 4 rings (SSSR count). The molecule has 0 heterocycles. The highest BCUT2D eigenvalue weighted by molar-refractivity contribution is 5.91. The monoisotopic (exact) mass is 476 g/mol. The second kappa shape index (κ2) is 11.6. The van der Waals surface area contributed by atoms with Gasteiger partial charge in [0.15, 0.2) is 11.6 Å². The summed E-state index contributed by atoms with van der Waals surface area (Å²) in [5.41, 5.74) is 1.61. The molecule has 0 spiro atoms. The first-order chi connectivity index (χ1) is 16.0. The van der Waals surface area contributed by atoms with Crippen LogP contribution in [0.4, 0.5) is 0 Å². The number of esters is 1. The van der Waals surface area contributed by atoms with Crippen molar-refractivity contribution in [2.75, 3.05) is 6.61 Å². The Balaban J connectivity index is 0.000000520. The molecule has 6 nitrogen and oxygen atoms in total. The summed E-state index contributed by atoms with van der Waals surface area (Å²) in [6, 6.07) is 0. The first-order valence-electron chi connectivity index (χ1n) is 13.1. The van der Waals surface area contributed by atoms with E-state index < -0.39 is 5.97 Å². The summed E-state index contributed by atoms with van der Waals surface area (Å²) in [6.45, 7) is 11.6. The fourth-order valence-electron chi connectivity index (χ4n) is 7.36. The van der Waals surface area contributed by atoms with E-state index in [0.29, 0.717) is 30.0 Å². The lowest BCUT2D eigenvalue weighted by Gasteiger charge is -2.58. The Labute approximate surface area is 204 Å². The number of Topliss-reactive ketones (excluding diaryl/α,β-unsaturated/α-hetero) is 1. The van der Waals surface area contributed by atoms with Crippen LogP contribution in [0.3, 0.4) is 0 Å². The standard InChI is InChI=1S/C23H32O4.C3H6O2.C2H6/c1-14(24)27-13-21(26)20-7-6-18-17-5-4-15-12-16(25)8-10-22(15,2)19(17)9-11-23(18,20)3;1-2-3(4)5;1-2/h12,17-20H,4-11,13H2,1-3H3;2H2,1H3,(H,4,5);1-2H3/t17-,18-,19-,20+,22-,23-;;/m0../s1. The van der Waals surface area contributed by atoms with Gasteiger partial charge in [-0.25, -0.2) is 0 Å². The summed E-state index contributed by atoms with van der Waals surface area (Å²) < 4.78 is 5.02. The number of carbonyl (C=O) groups is 4. The van der Waals surface area contributed by atoms with Gasteiger partial charge < -0.3 is 9.84 Å². The van der Waals surface area contributed by atoms with E-state index >= 15 is 0 Å². The van der Waals surface area contributed by atoms with Crippen LogP contribution in [0, 0.1) is 34.5 Å². The van der Waals surface area contributed by atoms with Crippen LogP contribution in [-0.2, 0) is 23.9 Å². The van der Waals surface area contributed by atoms with Gasteiger partial charge in [-0.05, 0) is 79.6 Å². The maximum atomic E-state index is 12.8. The fourth-order valence-corrected chi connectivity index (χ4v) is 7.36. The Hall–Kier alpha value is -1.98. The maximum Gasteiger partial charge on any atom is 0.303 e. The van der Waals surface area contributed by atoms with Gasteiger partial charge >= 0.3 is 11.9 Å². The van der Waals surface area contributed by atoms with E-state index in [1.54, 1.807) is 6.92 Å². The van der Waals surface area contributed by atoms with Crippen molar-refractivity contribution in [2.45, 2.75) is 99.3 Å². The summed E-state index contributed by atoms with van der Waals surface area (Å²) in [5.74, 6) is 1.21. The normalized spacial score (nSPS) is 35.6. The van der Waals surface area contributed by atoms with Crippen molar-refractivity contribution in [3.63, 3.8) is 0 Å². The van der Waals surface area contributed by atoms with Gasteiger partial charge in [0.1, 0.15) is 6.61 Å². The van der Waals surface area contributed by atoms with Crippen LogP contribution in [0.15, 0.2) is 11.6 Å². The van der Waals surface area contributed by atoms with Crippen molar-refractivity contribution >= 4 is 23.5 Å². The Morgan fingerprint density at radius 1 is 1.03 bits per heavy atom. The number of allylic oxidation sites excluding steroid dienone is 1. The predicted octanol–water partition coefficient (Wildman–Crippen LogP) is 5.77. The predicted molar refractivity (Wildman–Crippen MR) is 131 cm³/mol. The van der Waals surface area contributed by atoms with Gasteiger partial charge in [-0.15, -0.1) is 0 Å². The number of fused-ring (bicyclic) bond motifs is 5. The van der Waals surface area contributed by atoms with Crippen LogP contribution < -0.4 is 0 Å². The van der Waals surface area contributed by atoms with E-state index in [9.17, 15) is 19.2 Å². The Morgan fingerprint density at radius 2 is 1.68 bits per heavy atom. The number of aliphatic carboxylic acids is 1. The van der Waals surface area contributed by atoms with Gasteiger partial charge in [0.2, 0.25) is 0 Å². The number of carboxylic acids is 1. The summed E-state index contributed by atoms with van der Waals surface area (Å²) in [7, 11) is 0. The molecule has 0 saturated heterocycles. The first-order valence-corrected chi connectivity index (χ1v) is 13.1. The Morgan fingerprint density at radius 3 is 2.26 bits per heavy atom. The van der Waals surface area contributed by atoms with Crippen molar-refractivity contribution in [3.8, 4) is 0 Å². The van der Waals surface area contributed by atoms with Gasteiger partial charge in [0, 0.05) is 25.7 Å². The average Bonchev–Trinajstić information content (AvgIpc) is 3.17. The molecule has 4 aliphatic carbocycles. The Kier molecular flexibility index (Phi) is 9.67. The molecule has 1 N–H and O–H groups in total. The van der Waals surface area contributed by atoms with E-state index in [1.165, 1.54) is 12.5 Å². The molecule has 6 atom stereocenters. The molecule has 0 unspecified atom stereocenters. The molecular formula is C28H44O6. The van der Waals surface area contributed by atoms with Crippen molar-refractivity contribution < 1.29 is 29.0 Å². The fraction of sp³-hybridized carbons (Fsp3) is 0.786. The minimum absolute atomic E-state index is 0.0282. The first kappa shape index (κ1) is 28.3. The molecule has 192 valence electrons. The minimum Gasteiger partial charge on any atom is -0.481 e. The van der Waals surface area contributed by atoms with E-state index in [0.717, 1.165) is 44.9 Å². The smallest absolute Gasteiger partial charge is 0.303 e. The lowest BCUT2D eigenvalue weighted by Crippen LogP contribution is -2.51. The third kappa shape index (κ3) is 5.63. The van der Waals surface area contributed by atoms with Crippen LogP contribution in [-0.4, -0.2) is 35.2 Å². The molecule has 3 saturated carbocycles. The van der Waals surface area contributed by atoms with Crippen LogP contribution >= 0.6 is 0 Å². The van der Waals surface area contributed by atoms with Gasteiger partial charge in [0.25, 0.3) is 0 Å². The number of ether oxygens (including phenoxy) is 1. The van der Waals surface area contributed by atoms with E-state index in [-0.39, 0.29) is 41.5 Å². The zero-order valence-corrected chi connectivity index (χ0v) is 21.9. The molecule has 0 aliphatic heterocycles. The highest BCUT2D eigenvalue weighted by Crippen LogP contribution is 2.66. The molecule has 0 bridgehead atoms. The highest BCUT2D eigenvalue weighted by atomic mass is 16.5. The lowest BCUT2D eigenvalue weighted by molar-refractivity contribution is -0.149. The quantitative estimate of drug-likeness (QED) is 0.517. The summed E-state index contributed by atoms with van der Waals surface area (Å²) in [4.78, 5) is 45.2. The molecule has 0 aromatic carbocycles. The second-order valence-electron chi connectivity index (χ2n) is 10.6. The van der Waals surface area contributed by atoms with Crippen LogP contribution in [0.5, 0.6) is 0 Å². The summed E-state index contributed by atoms with van der Waals surface area (Å²) in [5, 5.41) is 7.72. The number of rotatable bonds is 4. The molecule has 34 heavy (non-hydrogen) atoms. The summed E-state index contributed by atoms with van der Waals surface area (Å²) in [6.07, 6.45) is 10.3. The van der Waals surface area contributed by atoms with E-state index in [1.807, 2.05) is 19.9 Å². The van der Waals surface area contributed by atoms with Crippen LogP contribution in [0.2, 0.25) is 0 Å². The summed E-state index contributed by atoms with van der Waals surface area (Å²) >= 11 is 0. The van der Waals surface area contributed by atoms with E-state index in [4.69, 9.17) is 9.84 Å². The molecule has 0 amide bonds. The van der Waals surface area contributed by atoms with Crippen molar-refractivity contribution in [3.05, 3.63) is 11.6 Å². The third-order valence-electron chi connectivity index (χ3n) is 9.07. The third-order valence-corrected chi connectivity index (χ3v) is 9.07. The largest absolute Gasteiger partial charge is 0.481 e. The topological polar surface area (TPSA) is 97.7 Å². The second-order valence-corrected chi connectivity index (χ2v) is 10.6. The SMILES string of the molecule is CC.CC(=O)OCC(=O)[C@H]1CC[C@H]2[C@@H]3CCC4=CC(=O)CC[C@]4(C)[C@H]3CC[C@]12C.CCC(=O)O. The lowest BCUT2D eigenvalue weighted by atomic mass is 9.46. The zero-order valence-electron chi connectivity index (χ0n) is 21.9. The van der Waals surface area contributed by atoms with E-state index in [2.05, 4.69) is 13.8 Å². The van der Waals surface area contributed by atoms with Crippen molar-refractivity contribution in [1.82, 2.24) is 0 Å². The number of hydrogen-bond acceptors (Lipinski definition) is 5. The van der Waals surface area contributed by atoms with Gasteiger partial charge in [-0.1, -0.05) is 40.2 Å². The molecule has 3 fully saturated rings. The number of ketones is 2. The molecular weight excluding hydrogens is 432 g/mol. The zero-order chi connectivity index (χ0) is 25.7. The molecule has 4 aliphatic rings. The molecule has 6 heteroatoms. The molecule has 0 aromatic heterocycles. The highest BCUT2D eigenvalue weighted by Gasteiger charge is 2.60. The van der Waals surface area contributed by atoms with Crippen molar-refractivity contribution in [2.24, 2.45) is 34.5 Å². The molecule has 0 radical (unpaired) electrons. The maximum absolute atomic E-state index is 12.8. The van der Waals surface area contributed by atoms with Gasteiger partial charge in [-0.2, -0.15) is 0 Å². The average molecular weight is 477 g/mol. The van der Waals surface area contributed by atoms with Crippen LogP contribution in [0.1, 0.15) is 99.3 Å². The number of carbonyl (C=O) groups excluding carboxylic acids is 3. The minimum atomic E-state index is -0.745. The number of carboxylic acid groups (broad SMARTS) is 1. The molecule has 0 aromatic rings. The number of hydrogen-bond donors (Lipinski definition) is 1.